The fourth-order valence-electron chi connectivity index (χ4n) is 3.10. The number of aromatic nitrogens is 4. The summed E-state index contributed by atoms with van der Waals surface area (Å²) in [4.78, 5) is 25.2. The molecule has 0 atom stereocenters. The predicted molar refractivity (Wildman–Crippen MR) is 117 cm³/mol. The van der Waals surface area contributed by atoms with Crippen LogP contribution >= 0.6 is 11.8 Å². The molecule has 7 nitrogen and oxygen atoms in total. The van der Waals surface area contributed by atoms with Crippen molar-refractivity contribution in [2.45, 2.75) is 52.2 Å². The van der Waals surface area contributed by atoms with Crippen LogP contribution < -0.4 is 10.9 Å². The molecule has 0 saturated heterocycles. The minimum absolute atomic E-state index is 0.0233. The summed E-state index contributed by atoms with van der Waals surface area (Å²) < 4.78 is 3.59. The Hall–Kier alpha value is -2.35. The molecular weight excluding hydrogens is 386 g/mol. The molecule has 0 bridgehead atoms. The number of hydrogen-bond acceptors (Lipinski definition) is 5. The first-order chi connectivity index (χ1) is 13.9. The van der Waals surface area contributed by atoms with Crippen molar-refractivity contribution in [2.75, 3.05) is 12.3 Å². The summed E-state index contributed by atoms with van der Waals surface area (Å²) in [5, 5.41) is 12.8. The van der Waals surface area contributed by atoms with Crippen LogP contribution in [0.25, 0.3) is 16.7 Å². The monoisotopic (exact) mass is 415 g/mol. The van der Waals surface area contributed by atoms with Crippen molar-refractivity contribution in [1.82, 2.24) is 24.5 Å². The summed E-state index contributed by atoms with van der Waals surface area (Å²) in [6.07, 6.45) is 1.83. The quantitative estimate of drug-likeness (QED) is 0.542. The Morgan fingerprint density at radius 1 is 1.10 bits per heavy atom. The van der Waals surface area contributed by atoms with Crippen molar-refractivity contribution < 1.29 is 4.79 Å². The maximum absolute atomic E-state index is 13.0. The van der Waals surface area contributed by atoms with E-state index in [9.17, 15) is 9.59 Å². The molecule has 0 aliphatic carbocycles. The van der Waals surface area contributed by atoms with Gasteiger partial charge < -0.3 is 5.32 Å². The van der Waals surface area contributed by atoms with E-state index in [1.54, 1.807) is 4.57 Å². The van der Waals surface area contributed by atoms with Gasteiger partial charge in [-0.2, -0.15) is 0 Å². The normalized spacial score (nSPS) is 11.8. The van der Waals surface area contributed by atoms with Gasteiger partial charge in [-0.25, -0.2) is 0 Å². The zero-order valence-electron chi connectivity index (χ0n) is 17.5. The Balaban J connectivity index is 1.91. The van der Waals surface area contributed by atoms with Crippen LogP contribution in [0, 0.1) is 11.8 Å². The highest BCUT2D eigenvalue weighted by atomic mass is 32.2. The van der Waals surface area contributed by atoms with Gasteiger partial charge in [0, 0.05) is 13.1 Å². The molecule has 1 aromatic carbocycles. The van der Waals surface area contributed by atoms with Crippen molar-refractivity contribution in [3.8, 4) is 0 Å². The third-order valence-corrected chi connectivity index (χ3v) is 5.71. The number of carbonyl (C=O) groups excluding carboxylic acids is 1. The van der Waals surface area contributed by atoms with E-state index in [0.29, 0.717) is 41.2 Å². The average molecular weight is 416 g/mol. The highest BCUT2D eigenvalue weighted by molar-refractivity contribution is 7.99. The van der Waals surface area contributed by atoms with E-state index >= 15 is 0 Å². The number of nitrogens with zero attached hydrogens (tertiary/aromatic N) is 4. The Labute approximate surface area is 174 Å². The maximum atomic E-state index is 13.0. The van der Waals surface area contributed by atoms with Crippen LogP contribution in [0.4, 0.5) is 0 Å². The van der Waals surface area contributed by atoms with Crippen LogP contribution in [-0.4, -0.2) is 37.4 Å². The molecule has 0 unspecified atom stereocenters. The minimum Gasteiger partial charge on any atom is -0.355 e. The van der Waals surface area contributed by atoms with E-state index in [-0.39, 0.29) is 17.2 Å². The molecule has 0 fully saturated rings. The zero-order chi connectivity index (χ0) is 21.0. The molecule has 3 rings (SSSR count). The Morgan fingerprint density at radius 2 is 1.83 bits per heavy atom. The van der Waals surface area contributed by atoms with E-state index in [1.807, 2.05) is 28.7 Å². The van der Waals surface area contributed by atoms with Crippen LogP contribution in [0.5, 0.6) is 0 Å². The Bertz CT molecular complexity index is 1050. The number of benzene rings is 1. The molecule has 29 heavy (non-hydrogen) atoms. The van der Waals surface area contributed by atoms with Crippen molar-refractivity contribution in [3.63, 3.8) is 0 Å². The summed E-state index contributed by atoms with van der Waals surface area (Å²) in [6.45, 7) is 9.79. The number of hydrogen-bond donors (Lipinski definition) is 1. The van der Waals surface area contributed by atoms with Gasteiger partial charge in [0.05, 0.1) is 16.7 Å². The number of thioether (sulfide) groups is 1. The highest BCUT2D eigenvalue weighted by Crippen LogP contribution is 2.21. The molecule has 2 aromatic heterocycles. The van der Waals surface area contributed by atoms with E-state index in [0.717, 1.165) is 18.4 Å². The Kier molecular flexibility index (Phi) is 6.95. The molecule has 8 heteroatoms. The first kappa shape index (κ1) is 21.4. The van der Waals surface area contributed by atoms with Crippen LogP contribution in [0.2, 0.25) is 0 Å². The Morgan fingerprint density at radius 3 is 2.55 bits per heavy atom. The SMILES string of the molecule is CC(C)CCNC(=O)CSc1nnc2n(CCC(C)C)c(=O)c3ccccc3n12. The topological polar surface area (TPSA) is 81.3 Å². The molecule has 0 aliphatic rings. The molecule has 1 N–H and O–H groups in total. The van der Waals surface area contributed by atoms with Crippen LogP contribution in [-0.2, 0) is 11.3 Å². The van der Waals surface area contributed by atoms with Gasteiger partial charge in [-0.05, 0) is 36.8 Å². The minimum atomic E-state index is -0.0517. The lowest BCUT2D eigenvalue weighted by Gasteiger charge is -2.12. The summed E-state index contributed by atoms with van der Waals surface area (Å²) >= 11 is 1.34. The fourth-order valence-corrected chi connectivity index (χ4v) is 3.87. The number of carbonyl (C=O) groups is 1. The number of para-hydroxylation sites is 1. The summed E-state index contributed by atoms with van der Waals surface area (Å²) in [7, 11) is 0. The molecule has 156 valence electrons. The molecule has 0 radical (unpaired) electrons. The third kappa shape index (κ3) is 4.98. The fraction of sp³-hybridized carbons (Fsp3) is 0.524. The van der Waals surface area contributed by atoms with Crippen LogP contribution in [0.15, 0.2) is 34.2 Å². The van der Waals surface area contributed by atoms with Crippen LogP contribution in [0.3, 0.4) is 0 Å². The molecule has 3 aromatic rings. The van der Waals surface area contributed by atoms with E-state index in [4.69, 9.17) is 0 Å². The highest BCUT2D eigenvalue weighted by Gasteiger charge is 2.17. The van der Waals surface area contributed by atoms with Crippen LogP contribution in [0.1, 0.15) is 40.5 Å². The van der Waals surface area contributed by atoms with Gasteiger partial charge in [0.1, 0.15) is 0 Å². The van der Waals surface area contributed by atoms with Crippen molar-refractivity contribution >= 4 is 34.3 Å². The number of aryl methyl sites for hydroxylation is 1. The first-order valence-electron chi connectivity index (χ1n) is 10.1. The van der Waals surface area contributed by atoms with Gasteiger partial charge in [-0.3, -0.25) is 18.6 Å². The second-order valence-corrected chi connectivity index (χ2v) is 9.04. The van der Waals surface area contributed by atoms with E-state index < -0.39 is 0 Å². The average Bonchev–Trinajstić information content (AvgIpc) is 3.10. The summed E-state index contributed by atoms with van der Waals surface area (Å²) in [5.74, 6) is 1.79. The van der Waals surface area contributed by atoms with Gasteiger partial charge in [-0.1, -0.05) is 51.6 Å². The largest absolute Gasteiger partial charge is 0.355 e. The lowest BCUT2D eigenvalue weighted by Crippen LogP contribution is -2.27. The number of nitrogens with one attached hydrogen (secondary N) is 1. The van der Waals surface area contributed by atoms with Crippen molar-refractivity contribution in [2.24, 2.45) is 11.8 Å². The van der Waals surface area contributed by atoms with E-state index in [1.165, 1.54) is 11.8 Å². The second-order valence-electron chi connectivity index (χ2n) is 8.10. The molecule has 2 heterocycles. The molecule has 0 saturated carbocycles. The summed E-state index contributed by atoms with van der Waals surface area (Å²) in [5.41, 5.74) is 0.713. The van der Waals surface area contributed by atoms with Gasteiger partial charge in [0.2, 0.25) is 11.7 Å². The third-order valence-electron chi connectivity index (χ3n) is 4.78. The lowest BCUT2D eigenvalue weighted by molar-refractivity contribution is -0.118. The maximum Gasteiger partial charge on any atom is 0.262 e. The van der Waals surface area contributed by atoms with Crippen molar-refractivity contribution in [1.29, 1.82) is 0 Å². The molecule has 0 aliphatic heterocycles. The number of fused-ring (bicyclic) bond motifs is 3. The second kappa shape index (κ2) is 9.43. The van der Waals surface area contributed by atoms with Gasteiger partial charge in [0.25, 0.3) is 5.56 Å². The lowest BCUT2D eigenvalue weighted by atomic mass is 10.1. The smallest absolute Gasteiger partial charge is 0.262 e. The van der Waals surface area contributed by atoms with Gasteiger partial charge >= 0.3 is 0 Å². The number of rotatable bonds is 9. The standard InChI is InChI=1S/C21H29N5O2S/c1-14(2)9-11-22-18(27)13-29-21-24-23-20-25(12-10-15(3)4)19(28)16-7-5-6-8-17(16)26(20)21/h5-8,14-15H,9-13H2,1-4H3,(H,22,27). The zero-order valence-corrected chi connectivity index (χ0v) is 18.3. The molecule has 0 spiro atoms. The van der Waals surface area contributed by atoms with E-state index in [2.05, 4.69) is 43.2 Å². The van der Waals surface area contributed by atoms with Gasteiger partial charge in [-0.15, -0.1) is 10.2 Å². The van der Waals surface area contributed by atoms with Gasteiger partial charge in [0.15, 0.2) is 5.16 Å². The summed E-state index contributed by atoms with van der Waals surface area (Å²) in [6, 6.07) is 7.48. The van der Waals surface area contributed by atoms with Crippen molar-refractivity contribution in [3.05, 3.63) is 34.6 Å². The number of amides is 1. The predicted octanol–water partition coefficient (Wildman–Crippen LogP) is 3.34. The first-order valence-corrected chi connectivity index (χ1v) is 11.1. The molecule has 1 amide bonds. The molecular formula is C21H29N5O2S.